The van der Waals surface area contributed by atoms with Crippen LogP contribution in [0.5, 0.6) is 0 Å². The number of nitrogens with zero attached hydrogens (tertiary/aromatic N) is 1. The Morgan fingerprint density at radius 1 is 1.22 bits per heavy atom. The molecule has 100 valence electrons. The van der Waals surface area contributed by atoms with Gasteiger partial charge in [-0.1, -0.05) is 36.5 Å². The largest absolute Gasteiger partial charge is 0.369 e. The molecule has 0 radical (unpaired) electrons. The van der Waals surface area contributed by atoms with Crippen molar-refractivity contribution in [2.75, 3.05) is 23.7 Å². The minimum absolute atomic E-state index is 0.392. The van der Waals surface area contributed by atoms with Crippen LogP contribution < -0.4 is 10.6 Å². The number of rotatable bonds is 5. The summed E-state index contributed by atoms with van der Waals surface area (Å²) >= 11 is 12.2. The summed E-state index contributed by atoms with van der Waals surface area (Å²) in [6, 6.07) is 1.74. The third-order valence-corrected chi connectivity index (χ3v) is 4.09. The van der Waals surface area contributed by atoms with E-state index in [9.17, 15) is 0 Å². The molecule has 3 nitrogen and oxygen atoms in total. The molecule has 0 saturated heterocycles. The number of hydrogen-bond donors (Lipinski definition) is 2. The van der Waals surface area contributed by atoms with E-state index in [0.717, 1.165) is 13.1 Å². The third kappa shape index (κ3) is 3.01. The van der Waals surface area contributed by atoms with Gasteiger partial charge in [0.15, 0.2) is 0 Å². The summed E-state index contributed by atoms with van der Waals surface area (Å²) in [5.74, 6) is 1.40. The standard InChI is InChI=1S/C13H19Cl2N3/c1-3-16-11-9(14)7-10(15)12(18-11)17-8-13(2)5-4-6-13/h7H,3-6,8H2,1-2H3,(H2,16,17,18). The third-order valence-electron chi connectivity index (χ3n) is 3.52. The monoisotopic (exact) mass is 287 g/mol. The summed E-state index contributed by atoms with van der Waals surface area (Å²) in [7, 11) is 0. The minimum Gasteiger partial charge on any atom is -0.369 e. The fraction of sp³-hybridized carbons (Fsp3) is 0.615. The van der Waals surface area contributed by atoms with Gasteiger partial charge in [0.1, 0.15) is 11.6 Å². The van der Waals surface area contributed by atoms with E-state index in [2.05, 4.69) is 22.5 Å². The minimum atomic E-state index is 0.392. The van der Waals surface area contributed by atoms with Crippen molar-refractivity contribution < 1.29 is 0 Å². The maximum absolute atomic E-state index is 6.15. The lowest BCUT2D eigenvalue weighted by Gasteiger charge is -2.38. The Balaban J connectivity index is 2.08. The van der Waals surface area contributed by atoms with Gasteiger partial charge in [0.05, 0.1) is 10.0 Å². The Morgan fingerprint density at radius 3 is 2.33 bits per heavy atom. The highest BCUT2D eigenvalue weighted by atomic mass is 35.5. The van der Waals surface area contributed by atoms with Gasteiger partial charge in [-0.15, -0.1) is 0 Å². The van der Waals surface area contributed by atoms with Crippen LogP contribution in [-0.4, -0.2) is 18.1 Å². The van der Waals surface area contributed by atoms with Crippen LogP contribution in [0.1, 0.15) is 33.1 Å². The topological polar surface area (TPSA) is 37.0 Å². The van der Waals surface area contributed by atoms with E-state index in [1.54, 1.807) is 6.07 Å². The van der Waals surface area contributed by atoms with Gasteiger partial charge in [-0.05, 0) is 31.2 Å². The van der Waals surface area contributed by atoms with E-state index < -0.39 is 0 Å². The van der Waals surface area contributed by atoms with Crippen LogP contribution in [0.15, 0.2) is 6.07 Å². The number of aromatic nitrogens is 1. The van der Waals surface area contributed by atoms with Crippen LogP contribution in [0, 0.1) is 5.41 Å². The molecule has 0 aromatic carbocycles. The lowest BCUT2D eigenvalue weighted by atomic mass is 9.70. The summed E-state index contributed by atoms with van der Waals surface area (Å²) in [5.41, 5.74) is 0.392. The molecular weight excluding hydrogens is 269 g/mol. The lowest BCUT2D eigenvalue weighted by Crippen LogP contribution is -2.33. The summed E-state index contributed by atoms with van der Waals surface area (Å²) in [6.45, 7) is 5.99. The van der Waals surface area contributed by atoms with Crippen LogP contribution in [0.2, 0.25) is 10.0 Å². The van der Waals surface area contributed by atoms with Gasteiger partial charge >= 0.3 is 0 Å². The number of pyridine rings is 1. The first-order chi connectivity index (χ1) is 8.54. The molecule has 2 N–H and O–H groups in total. The average Bonchev–Trinajstić information content (AvgIpc) is 2.29. The highest BCUT2D eigenvalue weighted by Gasteiger charge is 2.31. The predicted molar refractivity (Wildman–Crippen MR) is 78.9 cm³/mol. The molecule has 18 heavy (non-hydrogen) atoms. The van der Waals surface area contributed by atoms with Crippen LogP contribution in [-0.2, 0) is 0 Å². The molecular formula is C13H19Cl2N3. The number of halogens is 2. The van der Waals surface area contributed by atoms with Crippen molar-refractivity contribution in [3.63, 3.8) is 0 Å². The lowest BCUT2D eigenvalue weighted by molar-refractivity contribution is 0.180. The molecule has 0 amide bonds. The summed E-state index contributed by atoms with van der Waals surface area (Å²) in [5, 5.41) is 7.60. The van der Waals surface area contributed by atoms with Gasteiger partial charge in [0.2, 0.25) is 0 Å². The Hall–Kier alpha value is -0.670. The van der Waals surface area contributed by atoms with Crippen LogP contribution in [0.3, 0.4) is 0 Å². The van der Waals surface area contributed by atoms with Crippen molar-refractivity contribution in [3.8, 4) is 0 Å². The quantitative estimate of drug-likeness (QED) is 0.842. The molecule has 1 heterocycles. The van der Waals surface area contributed by atoms with Gasteiger partial charge < -0.3 is 10.6 Å². The van der Waals surface area contributed by atoms with Crippen molar-refractivity contribution in [1.82, 2.24) is 4.98 Å². The molecule has 1 aromatic heterocycles. The molecule has 1 aromatic rings. The van der Waals surface area contributed by atoms with E-state index in [-0.39, 0.29) is 0 Å². The maximum atomic E-state index is 6.15. The predicted octanol–water partition coefficient (Wildman–Crippen LogP) is 4.42. The summed E-state index contributed by atoms with van der Waals surface area (Å²) < 4.78 is 0. The molecule has 1 aliphatic carbocycles. The van der Waals surface area contributed by atoms with E-state index in [1.807, 2.05) is 6.92 Å². The average molecular weight is 288 g/mol. The van der Waals surface area contributed by atoms with Gasteiger partial charge in [0, 0.05) is 13.1 Å². The molecule has 5 heteroatoms. The second kappa shape index (κ2) is 5.54. The second-order valence-corrected chi connectivity index (χ2v) is 6.01. The zero-order valence-corrected chi connectivity index (χ0v) is 12.3. The summed E-state index contributed by atoms with van der Waals surface area (Å²) in [4.78, 5) is 4.44. The molecule has 0 atom stereocenters. The SMILES string of the molecule is CCNc1nc(NCC2(C)CCC2)c(Cl)cc1Cl. The maximum Gasteiger partial charge on any atom is 0.147 e. The first-order valence-corrected chi connectivity index (χ1v) is 7.13. The van der Waals surface area contributed by atoms with Crippen LogP contribution in [0.4, 0.5) is 11.6 Å². The van der Waals surface area contributed by atoms with E-state index in [4.69, 9.17) is 23.2 Å². The number of hydrogen-bond acceptors (Lipinski definition) is 3. The Labute approximate surface area is 118 Å². The van der Waals surface area contributed by atoms with E-state index in [0.29, 0.717) is 27.1 Å². The Kier molecular flexibility index (Phi) is 4.23. The molecule has 0 aliphatic heterocycles. The molecule has 0 bridgehead atoms. The van der Waals surface area contributed by atoms with Crippen molar-refractivity contribution in [3.05, 3.63) is 16.1 Å². The van der Waals surface area contributed by atoms with Gasteiger partial charge in [0.25, 0.3) is 0 Å². The molecule has 0 spiro atoms. The zero-order chi connectivity index (χ0) is 13.2. The van der Waals surface area contributed by atoms with Crippen LogP contribution in [0.25, 0.3) is 0 Å². The fourth-order valence-corrected chi connectivity index (χ4v) is 2.63. The molecule has 2 rings (SSSR count). The highest BCUT2D eigenvalue weighted by molar-refractivity contribution is 6.37. The molecule has 0 unspecified atom stereocenters. The fourth-order valence-electron chi connectivity index (χ4n) is 2.14. The van der Waals surface area contributed by atoms with Crippen molar-refractivity contribution in [2.24, 2.45) is 5.41 Å². The molecule has 1 saturated carbocycles. The Bertz CT molecular complexity index is 430. The van der Waals surface area contributed by atoms with E-state index in [1.165, 1.54) is 19.3 Å². The van der Waals surface area contributed by atoms with Crippen LogP contribution >= 0.6 is 23.2 Å². The molecule has 1 fully saturated rings. The Morgan fingerprint density at radius 2 is 1.83 bits per heavy atom. The van der Waals surface area contributed by atoms with Gasteiger partial charge in [-0.2, -0.15) is 0 Å². The zero-order valence-electron chi connectivity index (χ0n) is 10.8. The van der Waals surface area contributed by atoms with E-state index >= 15 is 0 Å². The van der Waals surface area contributed by atoms with Gasteiger partial charge in [-0.25, -0.2) is 4.98 Å². The molecule has 1 aliphatic rings. The van der Waals surface area contributed by atoms with Crippen molar-refractivity contribution in [1.29, 1.82) is 0 Å². The first-order valence-electron chi connectivity index (χ1n) is 6.38. The second-order valence-electron chi connectivity index (χ2n) is 5.20. The highest BCUT2D eigenvalue weighted by Crippen LogP contribution is 2.40. The normalized spacial score (nSPS) is 17.1. The number of anilines is 2. The summed E-state index contributed by atoms with van der Waals surface area (Å²) in [6.07, 6.45) is 3.86. The van der Waals surface area contributed by atoms with Gasteiger partial charge in [-0.3, -0.25) is 0 Å². The van der Waals surface area contributed by atoms with Crippen molar-refractivity contribution >= 4 is 34.8 Å². The number of nitrogens with one attached hydrogen (secondary N) is 2. The first kappa shape index (κ1) is 13.8. The smallest absolute Gasteiger partial charge is 0.147 e. The van der Waals surface area contributed by atoms with Crippen molar-refractivity contribution in [2.45, 2.75) is 33.1 Å².